The predicted molar refractivity (Wildman–Crippen MR) is 126 cm³/mol. The zero-order valence-electron chi connectivity index (χ0n) is 16.3. The zero-order valence-corrected chi connectivity index (χ0v) is 16.3. The molecule has 140 valence electrons. The van der Waals surface area contributed by atoms with E-state index in [2.05, 4.69) is 48.5 Å². The third-order valence-electron chi connectivity index (χ3n) is 6.03. The van der Waals surface area contributed by atoms with Gasteiger partial charge in [-0.3, -0.25) is 4.79 Å². The lowest BCUT2D eigenvalue weighted by Gasteiger charge is -2.13. The van der Waals surface area contributed by atoms with E-state index in [1.54, 1.807) is 0 Å². The summed E-state index contributed by atoms with van der Waals surface area (Å²) in [6.07, 6.45) is 0. The molecule has 6 aromatic carbocycles. The lowest BCUT2D eigenvalue weighted by atomic mass is 9.89. The number of carbonyl (C=O) groups excluding carboxylic acids is 1. The first-order valence-corrected chi connectivity index (χ1v) is 10.2. The number of fused-ring (bicyclic) bond motifs is 6. The quantitative estimate of drug-likeness (QED) is 0.223. The van der Waals surface area contributed by atoms with E-state index < -0.39 is 0 Å². The topological polar surface area (TPSA) is 17.1 Å². The molecule has 0 bridgehead atoms. The Labute approximate surface area is 174 Å². The van der Waals surface area contributed by atoms with Crippen LogP contribution in [0.5, 0.6) is 0 Å². The molecular weight excluding hydrogens is 364 g/mol. The largest absolute Gasteiger partial charge is 0.289 e. The van der Waals surface area contributed by atoms with E-state index in [1.807, 2.05) is 60.7 Å². The van der Waals surface area contributed by atoms with Crippen molar-refractivity contribution in [1.29, 1.82) is 0 Å². The third kappa shape index (κ3) is 2.46. The normalized spacial score (nSPS) is 11.5. The molecule has 0 saturated heterocycles. The van der Waals surface area contributed by atoms with Crippen LogP contribution in [-0.2, 0) is 0 Å². The highest BCUT2D eigenvalue weighted by Crippen LogP contribution is 2.34. The first-order valence-electron chi connectivity index (χ1n) is 10.2. The van der Waals surface area contributed by atoms with E-state index in [4.69, 9.17) is 0 Å². The van der Waals surface area contributed by atoms with Gasteiger partial charge in [0.05, 0.1) is 0 Å². The van der Waals surface area contributed by atoms with Crippen molar-refractivity contribution in [1.82, 2.24) is 0 Å². The molecule has 0 atom stereocenters. The summed E-state index contributed by atoms with van der Waals surface area (Å²) in [5.41, 5.74) is 1.51. The number of carbonyl (C=O) groups is 1. The smallest absolute Gasteiger partial charge is 0.194 e. The number of ketones is 1. The minimum atomic E-state index is 0.0684. The van der Waals surface area contributed by atoms with Gasteiger partial charge in [0.1, 0.15) is 0 Å². The second kappa shape index (κ2) is 6.53. The molecule has 0 aliphatic heterocycles. The molecule has 1 heteroatoms. The molecule has 0 fully saturated rings. The highest BCUT2D eigenvalue weighted by molar-refractivity contribution is 6.27. The zero-order chi connectivity index (χ0) is 20.1. The van der Waals surface area contributed by atoms with Gasteiger partial charge in [0.15, 0.2) is 5.78 Å². The molecule has 0 aromatic heterocycles. The lowest BCUT2D eigenvalue weighted by molar-refractivity contribution is 0.104. The molecule has 0 saturated carbocycles. The Morgan fingerprint density at radius 2 is 0.733 bits per heavy atom. The van der Waals surface area contributed by atoms with Crippen molar-refractivity contribution >= 4 is 48.9 Å². The molecule has 6 rings (SSSR count). The van der Waals surface area contributed by atoms with E-state index in [-0.39, 0.29) is 5.78 Å². The Bertz CT molecular complexity index is 1490. The number of hydrogen-bond donors (Lipinski definition) is 0. The van der Waals surface area contributed by atoms with Crippen molar-refractivity contribution in [3.8, 4) is 0 Å². The maximum absolute atomic E-state index is 14.0. The summed E-state index contributed by atoms with van der Waals surface area (Å²) in [6.45, 7) is 0. The molecule has 0 N–H and O–H groups in total. The highest BCUT2D eigenvalue weighted by Gasteiger charge is 2.18. The molecule has 0 heterocycles. The van der Waals surface area contributed by atoms with Gasteiger partial charge in [-0.2, -0.15) is 0 Å². The summed E-state index contributed by atoms with van der Waals surface area (Å²) < 4.78 is 0. The molecule has 1 nitrogen and oxygen atoms in total. The van der Waals surface area contributed by atoms with Gasteiger partial charge in [-0.15, -0.1) is 0 Å². The van der Waals surface area contributed by atoms with Crippen LogP contribution in [-0.4, -0.2) is 5.78 Å². The molecule has 6 aromatic rings. The highest BCUT2D eigenvalue weighted by atomic mass is 16.1. The predicted octanol–water partition coefficient (Wildman–Crippen LogP) is 7.53. The van der Waals surface area contributed by atoms with Gasteiger partial charge in [0, 0.05) is 11.1 Å². The summed E-state index contributed by atoms with van der Waals surface area (Å²) >= 11 is 0. The van der Waals surface area contributed by atoms with Crippen molar-refractivity contribution in [3.63, 3.8) is 0 Å². The summed E-state index contributed by atoms with van der Waals surface area (Å²) in [7, 11) is 0. The summed E-state index contributed by atoms with van der Waals surface area (Å²) in [4.78, 5) is 14.0. The molecule has 0 amide bonds. The Hall–Kier alpha value is -3.97. The summed E-state index contributed by atoms with van der Waals surface area (Å²) in [6, 6.07) is 37.0. The van der Waals surface area contributed by atoms with Gasteiger partial charge < -0.3 is 0 Å². The van der Waals surface area contributed by atoms with Crippen LogP contribution in [0, 0.1) is 0 Å². The minimum Gasteiger partial charge on any atom is -0.289 e. The Balaban J connectivity index is 1.70. The third-order valence-corrected chi connectivity index (χ3v) is 6.03. The van der Waals surface area contributed by atoms with Crippen molar-refractivity contribution in [2.24, 2.45) is 0 Å². The van der Waals surface area contributed by atoms with Crippen LogP contribution in [0.2, 0.25) is 0 Å². The number of benzene rings is 6. The maximum atomic E-state index is 14.0. The van der Waals surface area contributed by atoms with Crippen LogP contribution in [0.25, 0.3) is 43.1 Å². The second-order valence-electron chi connectivity index (χ2n) is 7.71. The van der Waals surface area contributed by atoms with E-state index >= 15 is 0 Å². The van der Waals surface area contributed by atoms with Crippen LogP contribution in [0.3, 0.4) is 0 Å². The summed E-state index contributed by atoms with van der Waals surface area (Å²) in [5, 5.41) is 8.75. The molecular formula is C29H18O. The van der Waals surface area contributed by atoms with Crippen LogP contribution < -0.4 is 0 Å². The molecule has 30 heavy (non-hydrogen) atoms. The van der Waals surface area contributed by atoms with Crippen LogP contribution in [0.1, 0.15) is 15.9 Å². The van der Waals surface area contributed by atoms with Gasteiger partial charge in [-0.1, -0.05) is 97.1 Å². The van der Waals surface area contributed by atoms with Gasteiger partial charge in [0.2, 0.25) is 0 Å². The maximum Gasteiger partial charge on any atom is 0.194 e. The molecule has 0 unspecified atom stereocenters. The van der Waals surface area contributed by atoms with Crippen molar-refractivity contribution in [3.05, 3.63) is 120 Å². The minimum absolute atomic E-state index is 0.0684. The summed E-state index contributed by atoms with van der Waals surface area (Å²) in [5.74, 6) is 0.0684. The van der Waals surface area contributed by atoms with Crippen LogP contribution in [0.4, 0.5) is 0 Å². The van der Waals surface area contributed by atoms with Gasteiger partial charge in [-0.05, 0) is 55.2 Å². The Morgan fingerprint density at radius 1 is 0.400 bits per heavy atom. The van der Waals surface area contributed by atoms with Gasteiger partial charge in [0.25, 0.3) is 0 Å². The Kier molecular flexibility index (Phi) is 3.69. The second-order valence-corrected chi connectivity index (χ2v) is 7.71. The fraction of sp³-hybridized carbons (Fsp3) is 0. The van der Waals surface area contributed by atoms with Crippen molar-refractivity contribution in [2.75, 3.05) is 0 Å². The van der Waals surface area contributed by atoms with E-state index in [0.717, 1.165) is 43.4 Å². The van der Waals surface area contributed by atoms with Crippen molar-refractivity contribution < 1.29 is 4.79 Å². The standard InChI is InChI=1S/C29H18O/c30-29(27-17-19-9-1-3-11-21(19)23-13-5-7-15-25(23)27)28-18-20-10-2-4-12-22(20)24-14-6-8-16-26(24)28/h1-18H. The van der Waals surface area contributed by atoms with Crippen molar-refractivity contribution in [2.45, 2.75) is 0 Å². The SMILES string of the molecule is O=C(c1cc2ccccc2c2ccccc12)c1cc2ccccc2c2ccccc12. The molecule has 0 radical (unpaired) electrons. The lowest BCUT2D eigenvalue weighted by Crippen LogP contribution is -2.04. The molecule has 0 aliphatic rings. The van der Waals surface area contributed by atoms with E-state index in [0.29, 0.717) is 0 Å². The molecule has 0 aliphatic carbocycles. The molecule has 0 spiro atoms. The average molecular weight is 382 g/mol. The van der Waals surface area contributed by atoms with Gasteiger partial charge >= 0.3 is 0 Å². The van der Waals surface area contributed by atoms with E-state index in [1.165, 1.54) is 10.8 Å². The monoisotopic (exact) mass is 382 g/mol. The number of hydrogen-bond acceptors (Lipinski definition) is 1. The first kappa shape index (κ1) is 16.9. The first-order chi connectivity index (χ1) is 14.8. The van der Waals surface area contributed by atoms with E-state index in [9.17, 15) is 4.79 Å². The number of rotatable bonds is 2. The van der Waals surface area contributed by atoms with Gasteiger partial charge in [-0.25, -0.2) is 0 Å². The fourth-order valence-corrected chi connectivity index (χ4v) is 4.63. The Morgan fingerprint density at radius 3 is 1.17 bits per heavy atom. The van der Waals surface area contributed by atoms with Crippen LogP contribution >= 0.6 is 0 Å². The average Bonchev–Trinajstić information content (AvgIpc) is 2.82. The fourth-order valence-electron chi connectivity index (χ4n) is 4.63. The van der Waals surface area contributed by atoms with Crippen LogP contribution in [0.15, 0.2) is 109 Å².